The fourth-order valence-electron chi connectivity index (χ4n) is 1.92. The maximum atomic E-state index is 12.2. The fourth-order valence-corrected chi connectivity index (χ4v) is 2.30. The Morgan fingerprint density at radius 1 is 1.53 bits per heavy atom. The van der Waals surface area contributed by atoms with E-state index >= 15 is 0 Å². The standard InChI is InChI=1S/C13H16BrNO2/c1-9-3-4-10(7-12(9)14)13(16)15(2)11-5-6-17-8-11/h3-4,7,11H,5-6,8H2,1-2H3. The van der Waals surface area contributed by atoms with Gasteiger partial charge in [0.2, 0.25) is 0 Å². The van der Waals surface area contributed by atoms with Gasteiger partial charge in [-0.1, -0.05) is 22.0 Å². The monoisotopic (exact) mass is 297 g/mol. The van der Waals surface area contributed by atoms with Gasteiger partial charge < -0.3 is 9.64 Å². The van der Waals surface area contributed by atoms with Crippen LogP contribution in [0.5, 0.6) is 0 Å². The van der Waals surface area contributed by atoms with Crippen LogP contribution in [0.1, 0.15) is 22.3 Å². The lowest BCUT2D eigenvalue weighted by atomic mass is 10.1. The van der Waals surface area contributed by atoms with Crippen LogP contribution in [0.2, 0.25) is 0 Å². The van der Waals surface area contributed by atoms with Gasteiger partial charge in [0, 0.05) is 23.7 Å². The third-order valence-electron chi connectivity index (χ3n) is 3.19. The maximum Gasteiger partial charge on any atom is 0.253 e. The van der Waals surface area contributed by atoms with Gasteiger partial charge in [0.25, 0.3) is 5.91 Å². The molecule has 0 aromatic heterocycles. The number of hydrogen-bond acceptors (Lipinski definition) is 2. The number of carbonyl (C=O) groups is 1. The van der Waals surface area contributed by atoms with Gasteiger partial charge in [0.05, 0.1) is 12.6 Å². The predicted molar refractivity (Wildman–Crippen MR) is 70.2 cm³/mol. The molecule has 1 aromatic rings. The summed E-state index contributed by atoms with van der Waals surface area (Å²) in [7, 11) is 1.84. The van der Waals surface area contributed by atoms with Gasteiger partial charge in [-0.3, -0.25) is 4.79 Å². The van der Waals surface area contributed by atoms with E-state index in [1.807, 2.05) is 32.2 Å². The number of ether oxygens (including phenoxy) is 1. The number of benzene rings is 1. The quantitative estimate of drug-likeness (QED) is 0.840. The van der Waals surface area contributed by atoms with Crippen molar-refractivity contribution in [3.05, 3.63) is 33.8 Å². The Bertz CT molecular complexity index is 427. The number of amides is 1. The summed E-state index contributed by atoms with van der Waals surface area (Å²) in [6.07, 6.45) is 0.926. The van der Waals surface area contributed by atoms with E-state index in [-0.39, 0.29) is 11.9 Å². The number of carbonyl (C=O) groups excluding carboxylic acids is 1. The third-order valence-corrected chi connectivity index (χ3v) is 4.05. The highest BCUT2D eigenvalue weighted by atomic mass is 79.9. The second-order valence-corrected chi connectivity index (χ2v) is 5.25. The topological polar surface area (TPSA) is 29.5 Å². The first-order valence-corrected chi connectivity index (χ1v) is 6.50. The molecule has 1 aliphatic heterocycles. The minimum atomic E-state index is 0.0567. The predicted octanol–water partition coefficient (Wildman–Crippen LogP) is 2.62. The van der Waals surface area contributed by atoms with E-state index in [9.17, 15) is 4.79 Å². The molecule has 1 saturated heterocycles. The molecule has 0 saturated carbocycles. The number of rotatable bonds is 2. The van der Waals surface area contributed by atoms with Crippen molar-refractivity contribution >= 4 is 21.8 Å². The number of halogens is 1. The fraction of sp³-hybridized carbons (Fsp3) is 0.462. The molecule has 1 atom stereocenters. The average molecular weight is 298 g/mol. The first-order valence-electron chi connectivity index (χ1n) is 5.70. The van der Waals surface area contributed by atoms with Crippen molar-refractivity contribution in [3.63, 3.8) is 0 Å². The molecule has 92 valence electrons. The van der Waals surface area contributed by atoms with Crippen molar-refractivity contribution in [2.24, 2.45) is 0 Å². The molecule has 1 amide bonds. The Balaban J connectivity index is 2.15. The van der Waals surface area contributed by atoms with Crippen molar-refractivity contribution in [3.8, 4) is 0 Å². The van der Waals surface area contributed by atoms with E-state index in [0.717, 1.165) is 28.6 Å². The van der Waals surface area contributed by atoms with Crippen molar-refractivity contribution in [2.45, 2.75) is 19.4 Å². The zero-order valence-corrected chi connectivity index (χ0v) is 11.7. The molecule has 0 aliphatic carbocycles. The van der Waals surface area contributed by atoms with Crippen LogP contribution in [0.4, 0.5) is 0 Å². The van der Waals surface area contributed by atoms with Crippen LogP contribution < -0.4 is 0 Å². The third kappa shape index (κ3) is 2.69. The van der Waals surface area contributed by atoms with Crippen LogP contribution in [0, 0.1) is 6.92 Å². The van der Waals surface area contributed by atoms with Crippen LogP contribution in [-0.2, 0) is 4.74 Å². The Morgan fingerprint density at radius 3 is 2.88 bits per heavy atom. The first kappa shape index (κ1) is 12.6. The first-order chi connectivity index (χ1) is 8.09. The number of hydrogen-bond donors (Lipinski definition) is 0. The summed E-state index contributed by atoms with van der Waals surface area (Å²) >= 11 is 3.45. The molecule has 1 unspecified atom stereocenters. The zero-order chi connectivity index (χ0) is 12.4. The summed E-state index contributed by atoms with van der Waals surface area (Å²) in [5.74, 6) is 0.0567. The molecule has 17 heavy (non-hydrogen) atoms. The minimum absolute atomic E-state index is 0.0567. The van der Waals surface area contributed by atoms with Gasteiger partial charge in [-0.15, -0.1) is 0 Å². The second kappa shape index (κ2) is 5.19. The molecule has 0 N–H and O–H groups in total. The number of likely N-dealkylation sites (N-methyl/N-ethyl adjacent to an activating group) is 1. The van der Waals surface area contributed by atoms with E-state index < -0.39 is 0 Å². The van der Waals surface area contributed by atoms with Crippen LogP contribution in [-0.4, -0.2) is 37.1 Å². The van der Waals surface area contributed by atoms with Crippen LogP contribution in [0.3, 0.4) is 0 Å². The molecule has 0 radical (unpaired) electrons. The van der Waals surface area contributed by atoms with Crippen molar-refractivity contribution in [1.82, 2.24) is 4.90 Å². The van der Waals surface area contributed by atoms with E-state index in [0.29, 0.717) is 6.61 Å². The summed E-state index contributed by atoms with van der Waals surface area (Å²) in [5.41, 5.74) is 1.85. The van der Waals surface area contributed by atoms with Crippen LogP contribution in [0.25, 0.3) is 0 Å². The molecule has 1 aliphatic rings. The second-order valence-electron chi connectivity index (χ2n) is 4.40. The van der Waals surface area contributed by atoms with E-state index in [2.05, 4.69) is 15.9 Å². The zero-order valence-electron chi connectivity index (χ0n) is 10.1. The molecule has 3 nitrogen and oxygen atoms in total. The molecule has 2 rings (SSSR count). The highest BCUT2D eigenvalue weighted by Gasteiger charge is 2.24. The minimum Gasteiger partial charge on any atom is -0.379 e. The SMILES string of the molecule is Cc1ccc(C(=O)N(C)C2CCOC2)cc1Br. The van der Waals surface area contributed by atoms with Crippen molar-refractivity contribution < 1.29 is 9.53 Å². The lowest BCUT2D eigenvalue weighted by molar-refractivity contribution is 0.0711. The van der Waals surface area contributed by atoms with E-state index in [1.165, 1.54) is 0 Å². The highest BCUT2D eigenvalue weighted by Crippen LogP contribution is 2.20. The Hall–Kier alpha value is -0.870. The highest BCUT2D eigenvalue weighted by molar-refractivity contribution is 9.10. The molecular formula is C13H16BrNO2. The summed E-state index contributed by atoms with van der Waals surface area (Å²) in [5, 5.41) is 0. The molecule has 0 spiro atoms. The van der Waals surface area contributed by atoms with Crippen molar-refractivity contribution in [2.75, 3.05) is 20.3 Å². The summed E-state index contributed by atoms with van der Waals surface area (Å²) < 4.78 is 6.28. The van der Waals surface area contributed by atoms with E-state index in [1.54, 1.807) is 4.90 Å². The van der Waals surface area contributed by atoms with Gasteiger partial charge in [-0.2, -0.15) is 0 Å². The molecule has 1 fully saturated rings. The summed E-state index contributed by atoms with van der Waals surface area (Å²) in [6, 6.07) is 5.91. The van der Waals surface area contributed by atoms with Crippen LogP contribution >= 0.6 is 15.9 Å². The van der Waals surface area contributed by atoms with Gasteiger partial charge in [0.1, 0.15) is 0 Å². The summed E-state index contributed by atoms with van der Waals surface area (Å²) in [6.45, 7) is 3.40. The molecule has 1 heterocycles. The van der Waals surface area contributed by atoms with E-state index in [4.69, 9.17) is 4.74 Å². The van der Waals surface area contributed by atoms with Gasteiger partial charge in [-0.25, -0.2) is 0 Å². The average Bonchev–Trinajstić information content (AvgIpc) is 2.84. The Kier molecular flexibility index (Phi) is 3.84. The van der Waals surface area contributed by atoms with Gasteiger partial charge in [0.15, 0.2) is 0 Å². The molecular weight excluding hydrogens is 282 g/mol. The normalized spacial score (nSPS) is 19.4. The maximum absolute atomic E-state index is 12.2. The summed E-state index contributed by atoms with van der Waals surface area (Å²) in [4.78, 5) is 14.0. The molecule has 0 bridgehead atoms. The molecule has 4 heteroatoms. The molecule has 1 aromatic carbocycles. The van der Waals surface area contributed by atoms with Gasteiger partial charge in [-0.05, 0) is 31.0 Å². The number of aryl methyl sites for hydroxylation is 1. The lowest BCUT2D eigenvalue weighted by Crippen LogP contribution is -2.37. The van der Waals surface area contributed by atoms with Gasteiger partial charge >= 0.3 is 0 Å². The Labute approximate surface area is 110 Å². The Morgan fingerprint density at radius 2 is 2.29 bits per heavy atom. The van der Waals surface area contributed by atoms with Crippen LogP contribution in [0.15, 0.2) is 22.7 Å². The largest absolute Gasteiger partial charge is 0.379 e. The van der Waals surface area contributed by atoms with Crippen molar-refractivity contribution in [1.29, 1.82) is 0 Å². The smallest absolute Gasteiger partial charge is 0.253 e. The lowest BCUT2D eigenvalue weighted by Gasteiger charge is -2.23. The number of nitrogens with zero attached hydrogens (tertiary/aromatic N) is 1.